The van der Waals surface area contributed by atoms with Gasteiger partial charge in [-0.3, -0.25) is 9.59 Å². The number of sulfone groups is 1. The highest BCUT2D eigenvalue weighted by Gasteiger charge is 2.28. The Kier molecular flexibility index (Phi) is 6.00. The molecule has 1 aliphatic heterocycles. The lowest BCUT2D eigenvalue weighted by Crippen LogP contribution is -2.42. The van der Waals surface area contributed by atoms with E-state index in [1.54, 1.807) is 0 Å². The van der Waals surface area contributed by atoms with Crippen molar-refractivity contribution in [2.45, 2.75) is 37.3 Å². The Bertz CT molecular complexity index is 762. The zero-order chi connectivity index (χ0) is 17.6. The third kappa shape index (κ3) is 5.11. The summed E-state index contributed by atoms with van der Waals surface area (Å²) in [5, 5.41) is 0.872. The predicted molar refractivity (Wildman–Crippen MR) is 85.0 cm³/mol. The summed E-state index contributed by atoms with van der Waals surface area (Å²) in [4.78, 5) is 30.2. The molecule has 2 heterocycles. The lowest BCUT2D eigenvalue weighted by atomic mass is 10.2. The van der Waals surface area contributed by atoms with Gasteiger partial charge in [-0.1, -0.05) is 11.8 Å². The van der Waals surface area contributed by atoms with E-state index in [0.29, 0.717) is 18.5 Å². The molecule has 2 rings (SSSR count). The molecule has 0 saturated carbocycles. The Hall–Kier alpha value is -2.31. The molecule has 24 heavy (non-hydrogen) atoms. The van der Waals surface area contributed by atoms with Gasteiger partial charge in [-0.15, -0.1) is 0 Å². The number of carbonyl (C=O) groups excluding carboxylic acids is 2. The van der Waals surface area contributed by atoms with E-state index in [-0.39, 0.29) is 29.8 Å². The first-order valence-corrected chi connectivity index (χ1v) is 9.37. The highest BCUT2D eigenvalue weighted by Crippen LogP contribution is 2.08. The molecule has 1 aromatic heterocycles. The number of hydrazine groups is 1. The van der Waals surface area contributed by atoms with Gasteiger partial charge in [0.05, 0.1) is 5.56 Å². The number of unbranched alkanes of at least 4 members (excludes halogenated alkanes) is 2. The van der Waals surface area contributed by atoms with E-state index in [4.69, 9.17) is 0 Å². The first kappa shape index (κ1) is 18.0. The molecule has 8 nitrogen and oxygen atoms in total. The van der Waals surface area contributed by atoms with Gasteiger partial charge in [0, 0.05) is 44.5 Å². The minimum atomic E-state index is -3.40. The van der Waals surface area contributed by atoms with Gasteiger partial charge in [-0.05, 0) is 12.8 Å². The standard InChI is InChI=1S/C15H18N4O4S/c1-24(22,23)15-16-10-12(11-17-15)6-4-2-3-5-9-18-19-13(20)7-8-14(19)21/h10-11,18H,2-3,5,7-9H2,1H3. The van der Waals surface area contributed by atoms with Crippen molar-refractivity contribution >= 4 is 21.7 Å². The molecular formula is C15H18N4O4S. The molecule has 128 valence electrons. The van der Waals surface area contributed by atoms with E-state index >= 15 is 0 Å². The number of hydrogen-bond acceptors (Lipinski definition) is 7. The molecule has 0 atom stereocenters. The molecule has 0 unspecified atom stereocenters. The first-order chi connectivity index (χ1) is 11.4. The second-order valence-electron chi connectivity index (χ2n) is 5.32. The van der Waals surface area contributed by atoms with Crippen LogP contribution in [0.15, 0.2) is 17.6 Å². The van der Waals surface area contributed by atoms with Gasteiger partial charge in [-0.25, -0.2) is 28.8 Å². The third-order valence-corrected chi connectivity index (χ3v) is 4.12. The van der Waals surface area contributed by atoms with Crippen LogP contribution in [-0.2, 0) is 19.4 Å². The average molecular weight is 350 g/mol. The summed E-state index contributed by atoms with van der Waals surface area (Å²) in [6.07, 6.45) is 6.57. The number of imide groups is 1. The van der Waals surface area contributed by atoms with Gasteiger partial charge in [0.1, 0.15) is 0 Å². The van der Waals surface area contributed by atoms with E-state index in [9.17, 15) is 18.0 Å². The third-order valence-electron chi connectivity index (χ3n) is 3.24. The SMILES string of the molecule is CS(=O)(=O)c1ncc(C#CCCCCNN2C(=O)CCC2=O)cn1. The monoisotopic (exact) mass is 350 g/mol. The number of nitrogens with one attached hydrogen (secondary N) is 1. The number of aromatic nitrogens is 2. The molecular weight excluding hydrogens is 332 g/mol. The fourth-order valence-electron chi connectivity index (χ4n) is 2.02. The Balaban J connectivity index is 1.69. The highest BCUT2D eigenvalue weighted by molar-refractivity contribution is 7.90. The molecule has 1 fully saturated rings. The van der Waals surface area contributed by atoms with Crippen molar-refractivity contribution in [1.29, 1.82) is 0 Å². The number of amides is 2. The predicted octanol–water partition coefficient (Wildman–Crippen LogP) is 0.0555. The van der Waals surface area contributed by atoms with Gasteiger partial charge >= 0.3 is 0 Å². The van der Waals surface area contributed by atoms with Crippen molar-refractivity contribution in [2.75, 3.05) is 12.8 Å². The fraction of sp³-hybridized carbons (Fsp3) is 0.467. The second-order valence-corrected chi connectivity index (χ2v) is 7.23. The van der Waals surface area contributed by atoms with Crippen molar-refractivity contribution in [3.8, 4) is 11.8 Å². The van der Waals surface area contributed by atoms with Crippen molar-refractivity contribution in [1.82, 2.24) is 20.4 Å². The number of nitrogens with zero attached hydrogens (tertiary/aromatic N) is 3. The van der Waals surface area contributed by atoms with Crippen LogP contribution in [0.3, 0.4) is 0 Å². The van der Waals surface area contributed by atoms with Crippen LogP contribution in [-0.4, -0.2) is 48.0 Å². The summed E-state index contributed by atoms with van der Waals surface area (Å²) in [5.74, 6) is 5.45. The minimum absolute atomic E-state index is 0.183. The van der Waals surface area contributed by atoms with Crippen LogP contribution in [0.25, 0.3) is 0 Å². The summed E-state index contributed by atoms with van der Waals surface area (Å²) in [6.45, 7) is 0.533. The van der Waals surface area contributed by atoms with Gasteiger partial charge in [-0.2, -0.15) is 0 Å². The lowest BCUT2D eigenvalue weighted by molar-refractivity contribution is -0.142. The topological polar surface area (TPSA) is 109 Å². The van der Waals surface area contributed by atoms with Crippen molar-refractivity contribution in [3.05, 3.63) is 18.0 Å². The summed E-state index contributed by atoms with van der Waals surface area (Å²) in [5.41, 5.74) is 3.37. The zero-order valence-electron chi connectivity index (χ0n) is 13.3. The molecule has 2 amide bonds. The molecule has 1 N–H and O–H groups in total. The Morgan fingerprint density at radius 2 is 1.79 bits per heavy atom. The van der Waals surface area contributed by atoms with Crippen LogP contribution in [0.4, 0.5) is 0 Å². The molecule has 0 spiro atoms. The van der Waals surface area contributed by atoms with Gasteiger partial charge in [0.15, 0.2) is 0 Å². The normalized spacial score (nSPS) is 14.6. The molecule has 0 radical (unpaired) electrons. The first-order valence-electron chi connectivity index (χ1n) is 7.48. The smallest absolute Gasteiger partial charge is 0.246 e. The molecule has 0 aromatic carbocycles. The maximum Gasteiger partial charge on any atom is 0.246 e. The lowest BCUT2D eigenvalue weighted by Gasteiger charge is -2.14. The summed E-state index contributed by atoms with van der Waals surface area (Å²) in [6, 6.07) is 0. The maximum absolute atomic E-state index is 11.4. The Labute approximate surface area is 140 Å². The van der Waals surface area contributed by atoms with Crippen LogP contribution in [0.5, 0.6) is 0 Å². The molecule has 1 saturated heterocycles. The van der Waals surface area contributed by atoms with E-state index < -0.39 is 9.84 Å². The van der Waals surface area contributed by atoms with Crippen molar-refractivity contribution < 1.29 is 18.0 Å². The summed E-state index contributed by atoms with van der Waals surface area (Å²) < 4.78 is 22.5. The molecule has 0 aliphatic carbocycles. The van der Waals surface area contributed by atoms with Crippen LogP contribution in [0, 0.1) is 11.8 Å². The summed E-state index contributed by atoms with van der Waals surface area (Å²) in [7, 11) is -3.40. The Morgan fingerprint density at radius 3 is 2.38 bits per heavy atom. The number of carbonyl (C=O) groups is 2. The van der Waals surface area contributed by atoms with Gasteiger partial charge < -0.3 is 0 Å². The van der Waals surface area contributed by atoms with Crippen LogP contribution in [0.1, 0.15) is 37.7 Å². The number of hydrogen-bond donors (Lipinski definition) is 1. The largest absolute Gasteiger partial charge is 0.273 e. The fourth-order valence-corrected chi connectivity index (χ4v) is 2.51. The van der Waals surface area contributed by atoms with E-state index in [2.05, 4.69) is 27.2 Å². The molecule has 0 bridgehead atoms. The van der Waals surface area contributed by atoms with Crippen molar-refractivity contribution in [2.24, 2.45) is 0 Å². The summed E-state index contributed by atoms with van der Waals surface area (Å²) >= 11 is 0. The van der Waals surface area contributed by atoms with Crippen LogP contribution < -0.4 is 5.43 Å². The second kappa shape index (κ2) is 7.99. The quantitative estimate of drug-likeness (QED) is 0.334. The average Bonchev–Trinajstić information content (AvgIpc) is 2.85. The van der Waals surface area contributed by atoms with E-state index in [0.717, 1.165) is 24.1 Å². The van der Waals surface area contributed by atoms with Crippen LogP contribution >= 0.6 is 0 Å². The molecule has 1 aliphatic rings. The van der Waals surface area contributed by atoms with Gasteiger partial charge in [0.2, 0.25) is 26.8 Å². The van der Waals surface area contributed by atoms with E-state index in [1.165, 1.54) is 12.4 Å². The highest BCUT2D eigenvalue weighted by atomic mass is 32.2. The van der Waals surface area contributed by atoms with Gasteiger partial charge in [0.25, 0.3) is 0 Å². The maximum atomic E-state index is 11.4. The van der Waals surface area contributed by atoms with Crippen molar-refractivity contribution in [3.63, 3.8) is 0 Å². The zero-order valence-corrected chi connectivity index (χ0v) is 14.1. The van der Waals surface area contributed by atoms with E-state index in [1.807, 2.05) is 0 Å². The minimum Gasteiger partial charge on any atom is -0.273 e. The molecule has 9 heteroatoms. The van der Waals surface area contributed by atoms with Crippen LogP contribution in [0.2, 0.25) is 0 Å². The number of rotatable bonds is 6. The Morgan fingerprint density at radius 1 is 1.17 bits per heavy atom. The molecule has 1 aromatic rings.